The number of rotatable bonds is 4. The van der Waals surface area contributed by atoms with Gasteiger partial charge in [-0.15, -0.1) is 0 Å². The molecule has 2 heteroatoms. The molecule has 1 aromatic heterocycles. The molecule has 0 spiro atoms. The van der Waals surface area contributed by atoms with E-state index >= 15 is 0 Å². The number of nitrogens with zero attached hydrogens (tertiary/aromatic N) is 1. The number of hydrogen-bond donors (Lipinski definition) is 0. The number of aromatic nitrogens is 1. The van der Waals surface area contributed by atoms with E-state index in [1.807, 2.05) is 0 Å². The molecule has 120 valence electrons. The zero-order valence-electron chi connectivity index (χ0n) is 13.8. The standard InChI is InChI=1S/C22H20BrN/c1-2-3-14-24-21-13-12-17(23)15-20(21)19-11-7-10-18(22(19)24)16-8-5-4-6-9-16/h4-13,15H,2-3,14H2,1H3. The van der Waals surface area contributed by atoms with E-state index in [2.05, 4.69) is 94.2 Å². The van der Waals surface area contributed by atoms with Gasteiger partial charge in [0.15, 0.2) is 0 Å². The number of unbranched alkanes of at least 4 members (excludes halogenated alkanes) is 1. The van der Waals surface area contributed by atoms with Crippen LogP contribution in [0.5, 0.6) is 0 Å². The molecule has 0 unspecified atom stereocenters. The zero-order chi connectivity index (χ0) is 16.5. The van der Waals surface area contributed by atoms with Crippen molar-refractivity contribution in [1.29, 1.82) is 0 Å². The van der Waals surface area contributed by atoms with E-state index in [0.29, 0.717) is 0 Å². The normalized spacial score (nSPS) is 11.4. The summed E-state index contributed by atoms with van der Waals surface area (Å²) < 4.78 is 3.64. The van der Waals surface area contributed by atoms with E-state index in [0.717, 1.165) is 11.0 Å². The fourth-order valence-corrected chi connectivity index (χ4v) is 3.89. The lowest BCUT2D eigenvalue weighted by Gasteiger charge is -2.11. The lowest BCUT2D eigenvalue weighted by Crippen LogP contribution is -1.98. The molecule has 0 bridgehead atoms. The summed E-state index contributed by atoms with van der Waals surface area (Å²) in [6.07, 6.45) is 2.39. The zero-order valence-corrected chi connectivity index (χ0v) is 15.4. The second-order valence-electron chi connectivity index (χ2n) is 6.23. The average molecular weight is 378 g/mol. The van der Waals surface area contributed by atoms with Gasteiger partial charge >= 0.3 is 0 Å². The van der Waals surface area contributed by atoms with Crippen LogP contribution in [-0.2, 0) is 6.54 Å². The Bertz CT molecular complexity index is 999. The van der Waals surface area contributed by atoms with Crippen molar-refractivity contribution in [2.45, 2.75) is 26.3 Å². The minimum absolute atomic E-state index is 1.06. The van der Waals surface area contributed by atoms with Crippen molar-refractivity contribution in [3.8, 4) is 11.1 Å². The van der Waals surface area contributed by atoms with Crippen LogP contribution < -0.4 is 0 Å². The Morgan fingerprint density at radius 2 is 1.71 bits per heavy atom. The lowest BCUT2D eigenvalue weighted by atomic mass is 10.0. The first kappa shape index (κ1) is 15.5. The van der Waals surface area contributed by atoms with E-state index < -0.39 is 0 Å². The van der Waals surface area contributed by atoms with Crippen molar-refractivity contribution in [2.75, 3.05) is 0 Å². The SMILES string of the molecule is CCCCn1c2ccc(Br)cc2c2cccc(-c3ccccc3)c21. The van der Waals surface area contributed by atoms with Gasteiger partial charge in [0, 0.05) is 32.9 Å². The fraction of sp³-hybridized carbons (Fsp3) is 0.182. The third-order valence-corrected chi connectivity index (χ3v) is 5.16. The van der Waals surface area contributed by atoms with Crippen LogP contribution in [-0.4, -0.2) is 4.57 Å². The summed E-state index contributed by atoms with van der Waals surface area (Å²) in [7, 11) is 0. The number of para-hydroxylation sites is 1. The quantitative estimate of drug-likeness (QED) is 0.359. The van der Waals surface area contributed by atoms with E-state index in [1.54, 1.807) is 0 Å². The van der Waals surface area contributed by atoms with Crippen molar-refractivity contribution in [2.24, 2.45) is 0 Å². The van der Waals surface area contributed by atoms with Gasteiger partial charge in [-0.2, -0.15) is 0 Å². The van der Waals surface area contributed by atoms with Crippen molar-refractivity contribution < 1.29 is 0 Å². The van der Waals surface area contributed by atoms with Crippen LogP contribution in [0.15, 0.2) is 71.2 Å². The molecule has 0 N–H and O–H groups in total. The highest BCUT2D eigenvalue weighted by atomic mass is 79.9. The second-order valence-corrected chi connectivity index (χ2v) is 7.15. The van der Waals surface area contributed by atoms with Gasteiger partial charge in [-0.25, -0.2) is 0 Å². The molecule has 1 nitrogen and oxygen atoms in total. The first-order valence-corrected chi connectivity index (χ1v) is 9.35. The molecular formula is C22H20BrN. The van der Waals surface area contributed by atoms with Gasteiger partial charge in [0.2, 0.25) is 0 Å². The Hall–Kier alpha value is -2.06. The maximum Gasteiger partial charge on any atom is 0.0571 e. The second kappa shape index (κ2) is 6.45. The third kappa shape index (κ3) is 2.55. The molecule has 0 atom stereocenters. The highest BCUT2D eigenvalue weighted by molar-refractivity contribution is 9.10. The Balaban J connectivity index is 2.10. The summed E-state index contributed by atoms with van der Waals surface area (Å²) in [6.45, 7) is 3.31. The van der Waals surface area contributed by atoms with Gasteiger partial charge in [-0.1, -0.05) is 77.8 Å². The van der Waals surface area contributed by atoms with Gasteiger partial charge in [-0.3, -0.25) is 0 Å². The van der Waals surface area contributed by atoms with E-state index in [-0.39, 0.29) is 0 Å². The minimum Gasteiger partial charge on any atom is -0.340 e. The maximum atomic E-state index is 3.63. The first-order chi connectivity index (χ1) is 11.8. The molecule has 0 saturated carbocycles. The van der Waals surface area contributed by atoms with Crippen LogP contribution >= 0.6 is 15.9 Å². The number of fused-ring (bicyclic) bond motifs is 3. The van der Waals surface area contributed by atoms with Gasteiger partial charge in [0.05, 0.1) is 5.52 Å². The van der Waals surface area contributed by atoms with Gasteiger partial charge in [0.1, 0.15) is 0 Å². The highest BCUT2D eigenvalue weighted by Crippen LogP contribution is 2.37. The molecule has 0 aliphatic rings. The summed E-state index contributed by atoms with van der Waals surface area (Å²) in [5, 5.41) is 2.66. The Morgan fingerprint density at radius 3 is 2.50 bits per heavy atom. The van der Waals surface area contributed by atoms with Crippen LogP contribution in [0.1, 0.15) is 19.8 Å². The third-order valence-electron chi connectivity index (χ3n) is 4.67. The molecule has 4 rings (SSSR count). The summed E-state index contributed by atoms with van der Waals surface area (Å²) >= 11 is 3.63. The molecule has 0 saturated heterocycles. The Morgan fingerprint density at radius 1 is 0.875 bits per heavy atom. The highest BCUT2D eigenvalue weighted by Gasteiger charge is 2.14. The largest absolute Gasteiger partial charge is 0.340 e. The van der Waals surface area contributed by atoms with Crippen molar-refractivity contribution in [3.63, 3.8) is 0 Å². The van der Waals surface area contributed by atoms with E-state index in [1.165, 1.54) is 45.8 Å². The van der Waals surface area contributed by atoms with Crippen LogP contribution in [0, 0.1) is 0 Å². The molecule has 0 aliphatic carbocycles. The van der Waals surface area contributed by atoms with E-state index in [9.17, 15) is 0 Å². The average Bonchev–Trinajstić information content (AvgIpc) is 2.94. The molecule has 0 radical (unpaired) electrons. The molecule has 4 aromatic rings. The van der Waals surface area contributed by atoms with Crippen molar-refractivity contribution in [3.05, 3.63) is 71.2 Å². The molecule has 3 aromatic carbocycles. The molecular weight excluding hydrogens is 358 g/mol. The number of aryl methyl sites for hydroxylation is 1. The van der Waals surface area contributed by atoms with E-state index in [4.69, 9.17) is 0 Å². The predicted molar refractivity (Wildman–Crippen MR) is 107 cm³/mol. The number of hydrogen-bond acceptors (Lipinski definition) is 0. The van der Waals surface area contributed by atoms with Crippen LogP contribution in [0.3, 0.4) is 0 Å². The summed E-state index contributed by atoms with van der Waals surface area (Å²) in [6, 6.07) is 24.0. The number of benzene rings is 3. The van der Waals surface area contributed by atoms with Gasteiger partial charge < -0.3 is 4.57 Å². The van der Waals surface area contributed by atoms with Crippen LogP contribution in [0.4, 0.5) is 0 Å². The molecule has 0 aliphatic heterocycles. The van der Waals surface area contributed by atoms with Gasteiger partial charge in [0.25, 0.3) is 0 Å². The lowest BCUT2D eigenvalue weighted by molar-refractivity contribution is 0.665. The molecule has 0 amide bonds. The first-order valence-electron chi connectivity index (χ1n) is 8.55. The van der Waals surface area contributed by atoms with Crippen molar-refractivity contribution >= 4 is 37.7 Å². The minimum atomic E-state index is 1.06. The maximum absolute atomic E-state index is 3.63. The smallest absolute Gasteiger partial charge is 0.0571 e. The van der Waals surface area contributed by atoms with Crippen LogP contribution in [0.25, 0.3) is 32.9 Å². The van der Waals surface area contributed by atoms with Gasteiger partial charge in [-0.05, 0) is 30.2 Å². The summed E-state index contributed by atoms with van der Waals surface area (Å²) in [4.78, 5) is 0. The fourth-order valence-electron chi connectivity index (χ4n) is 3.53. The number of halogens is 1. The molecule has 24 heavy (non-hydrogen) atoms. The summed E-state index contributed by atoms with van der Waals surface area (Å²) in [5.41, 5.74) is 5.27. The molecule has 1 heterocycles. The van der Waals surface area contributed by atoms with Crippen LogP contribution in [0.2, 0.25) is 0 Å². The monoisotopic (exact) mass is 377 g/mol. The predicted octanol–water partition coefficient (Wildman–Crippen LogP) is 7.02. The Labute approximate surface area is 151 Å². The topological polar surface area (TPSA) is 4.93 Å². The van der Waals surface area contributed by atoms with Crippen molar-refractivity contribution in [1.82, 2.24) is 4.57 Å². The summed E-state index contributed by atoms with van der Waals surface area (Å²) in [5.74, 6) is 0. The Kier molecular flexibility index (Phi) is 4.15. The molecule has 0 fully saturated rings.